The number of unbranched alkanes of at least 4 members (excludes halogenated alkanes) is 4. The van der Waals surface area contributed by atoms with E-state index in [-0.39, 0.29) is 11.1 Å². The average molecular weight is 458 g/mol. The van der Waals surface area contributed by atoms with E-state index in [2.05, 4.69) is 57.8 Å². The summed E-state index contributed by atoms with van der Waals surface area (Å²) in [7, 11) is 0. The molecule has 0 heterocycles. The third-order valence-corrected chi connectivity index (χ3v) is 5.55. The van der Waals surface area contributed by atoms with Crippen LogP contribution in [-0.4, -0.2) is 13.2 Å². The summed E-state index contributed by atoms with van der Waals surface area (Å²) in [6.45, 7) is 5.25. The van der Waals surface area contributed by atoms with Crippen LogP contribution in [0.25, 0.3) is 0 Å². The smallest absolute Gasteiger partial charge is 0.154 e. The zero-order valence-electron chi connectivity index (χ0n) is 14.1. The van der Waals surface area contributed by atoms with Crippen molar-refractivity contribution in [1.82, 2.24) is 0 Å². The molecule has 0 unspecified atom stereocenters. The maximum Gasteiger partial charge on any atom is 0.154 e. The van der Waals surface area contributed by atoms with Gasteiger partial charge in [0.2, 0.25) is 0 Å². The molecular formula is C18H22Br2N2O2. The van der Waals surface area contributed by atoms with Gasteiger partial charge in [0, 0.05) is 0 Å². The van der Waals surface area contributed by atoms with Crippen LogP contribution in [0.4, 0.5) is 0 Å². The molecular weight excluding hydrogens is 436 g/mol. The molecule has 0 bridgehead atoms. The Morgan fingerprint density at radius 2 is 1.12 bits per heavy atom. The van der Waals surface area contributed by atoms with E-state index in [1.807, 2.05) is 0 Å². The van der Waals surface area contributed by atoms with Gasteiger partial charge in [-0.05, 0) is 44.7 Å². The van der Waals surface area contributed by atoms with E-state index < -0.39 is 0 Å². The molecule has 1 aromatic rings. The van der Waals surface area contributed by atoms with Crippen LogP contribution in [-0.2, 0) is 0 Å². The molecule has 0 aliphatic carbocycles. The molecule has 1 rings (SSSR count). The molecule has 6 heteroatoms. The van der Waals surface area contributed by atoms with Gasteiger partial charge >= 0.3 is 0 Å². The van der Waals surface area contributed by atoms with Crippen LogP contribution in [0, 0.1) is 22.7 Å². The van der Waals surface area contributed by atoms with Gasteiger partial charge in [0.15, 0.2) is 11.5 Å². The minimum Gasteiger partial charge on any atom is -0.491 e. The predicted molar refractivity (Wildman–Crippen MR) is 101 cm³/mol. The molecule has 0 saturated carbocycles. The first-order chi connectivity index (χ1) is 11.6. The van der Waals surface area contributed by atoms with E-state index in [0.717, 1.165) is 38.5 Å². The number of hydrogen-bond acceptors (Lipinski definition) is 4. The van der Waals surface area contributed by atoms with Crippen LogP contribution in [0.5, 0.6) is 11.5 Å². The van der Waals surface area contributed by atoms with Crippen molar-refractivity contribution in [2.75, 3.05) is 13.2 Å². The van der Waals surface area contributed by atoms with E-state index in [4.69, 9.17) is 9.47 Å². The number of benzene rings is 1. The summed E-state index contributed by atoms with van der Waals surface area (Å²) < 4.78 is 12.8. The van der Waals surface area contributed by atoms with E-state index in [9.17, 15) is 10.5 Å². The number of ether oxygens (including phenoxy) is 2. The lowest BCUT2D eigenvalue weighted by Crippen LogP contribution is -2.06. The lowest BCUT2D eigenvalue weighted by Gasteiger charge is -2.17. The van der Waals surface area contributed by atoms with Gasteiger partial charge in [0.05, 0.1) is 22.2 Å². The predicted octanol–water partition coefficient (Wildman–Crippen LogP) is 6.09. The molecule has 130 valence electrons. The summed E-state index contributed by atoms with van der Waals surface area (Å²) in [5, 5.41) is 19.0. The highest BCUT2D eigenvalue weighted by Gasteiger charge is 2.24. The first-order valence-electron chi connectivity index (χ1n) is 8.22. The van der Waals surface area contributed by atoms with Gasteiger partial charge < -0.3 is 9.47 Å². The van der Waals surface area contributed by atoms with Gasteiger partial charge in [0.25, 0.3) is 0 Å². The standard InChI is InChI=1S/C18H22Br2N2O2/c1-3-5-7-9-23-17-13(11-21)14(12-22)18(16(20)15(17)19)24-10-8-6-4-2/h3-10H2,1-2H3. The Labute approximate surface area is 161 Å². The maximum atomic E-state index is 9.51. The van der Waals surface area contributed by atoms with Crippen molar-refractivity contribution in [2.24, 2.45) is 0 Å². The highest BCUT2D eigenvalue weighted by Crippen LogP contribution is 2.45. The minimum atomic E-state index is 0.217. The fourth-order valence-corrected chi connectivity index (χ4v) is 3.17. The summed E-state index contributed by atoms with van der Waals surface area (Å²) in [6, 6.07) is 4.18. The lowest BCUT2D eigenvalue weighted by atomic mass is 10.1. The summed E-state index contributed by atoms with van der Waals surface area (Å²) >= 11 is 6.93. The van der Waals surface area contributed by atoms with E-state index in [1.165, 1.54) is 0 Å². The Balaban J connectivity index is 3.13. The number of nitriles is 2. The minimum absolute atomic E-state index is 0.217. The van der Waals surface area contributed by atoms with Crippen molar-refractivity contribution >= 4 is 31.9 Å². The van der Waals surface area contributed by atoms with E-state index >= 15 is 0 Å². The van der Waals surface area contributed by atoms with Gasteiger partial charge in [-0.3, -0.25) is 0 Å². The Morgan fingerprint density at radius 1 is 0.750 bits per heavy atom. The third kappa shape index (κ3) is 5.40. The second-order valence-corrected chi connectivity index (χ2v) is 6.96. The second kappa shape index (κ2) is 11.3. The van der Waals surface area contributed by atoms with Crippen LogP contribution in [0.2, 0.25) is 0 Å². The fraction of sp³-hybridized carbons (Fsp3) is 0.556. The first kappa shape index (κ1) is 20.8. The number of hydrogen-bond donors (Lipinski definition) is 0. The Morgan fingerprint density at radius 3 is 1.42 bits per heavy atom. The molecule has 0 N–H and O–H groups in total. The molecule has 1 aromatic carbocycles. The Kier molecular flexibility index (Phi) is 9.83. The van der Waals surface area contributed by atoms with Gasteiger partial charge in [-0.15, -0.1) is 0 Å². The van der Waals surface area contributed by atoms with Crippen molar-refractivity contribution in [3.63, 3.8) is 0 Å². The normalized spacial score (nSPS) is 10.1. The van der Waals surface area contributed by atoms with Crippen LogP contribution < -0.4 is 9.47 Å². The zero-order chi connectivity index (χ0) is 17.9. The number of nitrogens with zero attached hydrogens (tertiary/aromatic N) is 2. The second-order valence-electron chi connectivity index (χ2n) is 5.37. The summed E-state index contributed by atoms with van der Waals surface area (Å²) in [5.41, 5.74) is 0.434. The number of rotatable bonds is 10. The van der Waals surface area contributed by atoms with Crippen molar-refractivity contribution in [1.29, 1.82) is 10.5 Å². The monoisotopic (exact) mass is 456 g/mol. The molecule has 0 aliphatic rings. The van der Waals surface area contributed by atoms with Crippen molar-refractivity contribution < 1.29 is 9.47 Å². The SMILES string of the molecule is CCCCCOc1c(Br)c(Br)c(OCCCCC)c(C#N)c1C#N. The highest BCUT2D eigenvalue weighted by molar-refractivity contribution is 9.13. The van der Waals surface area contributed by atoms with Crippen molar-refractivity contribution in [2.45, 2.75) is 52.4 Å². The van der Waals surface area contributed by atoms with Crippen LogP contribution >= 0.6 is 31.9 Å². The number of halogens is 2. The van der Waals surface area contributed by atoms with Gasteiger partial charge in [-0.1, -0.05) is 39.5 Å². The molecule has 0 saturated heterocycles. The molecule has 0 aliphatic heterocycles. The molecule has 0 aromatic heterocycles. The van der Waals surface area contributed by atoms with Crippen LogP contribution in [0.1, 0.15) is 63.5 Å². The lowest BCUT2D eigenvalue weighted by molar-refractivity contribution is 0.293. The third-order valence-electron chi connectivity index (χ3n) is 3.51. The van der Waals surface area contributed by atoms with Crippen molar-refractivity contribution in [3.05, 3.63) is 20.1 Å². The largest absolute Gasteiger partial charge is 0.491 e. The van der Waals surface area contributed by atoms with E-state index in [1.54, 1.807) is 0 Å². The molecule has 24 heavy (non-hydrogen) atoms. The molecule has 4 nitrogen and oxygen atoms in total. The summed E-state index contributed by atoms with van der Waals surface area (Å²) in [6.07, 6.45) is 6.11. The van der Waals surface area contributed by atoms with Crippen molar-refractivity contribution in [3.8, 4) is 23.6 Å². The van der Waals surface area contributed by atoms with Gasteiger partial charge in [-0.25, -0.2) is 0 Å². The summed E-state index contributed by atoms with van der Waals surface area (Å²) in [4.78, 5) is 0. The molecule has 0 radical (unpaired) electrons. The fourth-order valence-electron chi connectivity index (χ4n) is 2.18. The molecule has 0 fully saturated rings. The Hall–Kier alpha value is -1.24. The van der Waals surface area contributed by atoms with Gasteiger partial charge in [-0.2, -0.15) is 10.5 Å². The highest BCUT2D eigenvalue weighted by atomic mass is 79.9. The maximum absolute atomic E-state index is 9.51. The topological polar surface area (TPSA) is 66.0 Å². The Bertz CT molecular complexity index is 579. The quantitative estimate of drug-likeness (QED) is 0.398. The van der Waals surface area contributed by atoms with Crippen LogP contribution in [0.15, 0.2) is 8.95 Å². The van der Waals surface area contributed by atoms with Gasteiger partial charge in [0.1, 0.15) is 23.3 Å². The zero-order valence-corrected chi connectivity index (χ0v) is 17.3. The average Bonchev–Trinajstić information content (AvgIpc) is 2.59. The van der Waals surface area contributed by atoms with Crippen LogP contribution in [0.3, 0.4) is 0 Å². The molecule has 0 amide bonds. The summed E-state index contributed by atoms with van der Waals surface area (Å²) in [5.74, 6) is 0.802. The molecule has 0 spiro atoms. The molecule has 0 atom stereocenters. The van der Waals surface area contributed by atoms with E-state index in [0.29, 0.717) is 33.7 Å². The first-order valence-corrected chi connectivity index (χ1v) is 9.81.